The molecule has 1 heterocycles. The molecule has 0 aliphatic rings. The summed E-state index contributed by atoms with van der Waals surface area (Å²) in [5.74, 6) is 0.885. The summed E-state index contributed by atoms with van der Waals surface area (Å²) < 4.78 is 6.66. The molecule has 0 unspecified atom stereocenters. The number of benzene rings is 1. The maximum Gasteiger partial charge on any atom is 0.119 e. The van der Waals surface area contributed by atoms with Gasteiger partial charge in [-0.3, -0.25) is 5.10 Å². The molecule has 1 N–H and O–H groups in total. The standard InChI is InChI=1S/C12H13BrN2O/c1-9-8-11(15-14-9)6-7-16-12-4-2-10(13)3-5-12/h2-5,8H,6-7H2,1H3,(H,14,15). The molecule has 0 bridgehead atoms. The van der Waals surface area contributed by atoms with Crippen LogP contribution in [0.15, 0.2) is 34.8 Å². The van der Waals surface area contributed by atoms with Crippen molar-refractivity contribution in [3.8, 4) is 5.75 Å². The molecule has 0 aliphatic carbocycles. The van der Waals surface area contributed by atoms with Crippen LogP contribution in [0, 0.1) is 6.92 Å². The Kier molecular flexibility index (Phi) is 3.62. The van der Waals surface area contributed by atoms with Gasteiger partial charge < -0.3 is 4.74 Å². The zero-order valence-corrected chi connectivity index (χ0v) is 10.6. The van der Waals surface area contributed by atoms with E-state index < -0.39 is 0 Å². The number of nitrogens with one attached hydrogen (secondary N) is 1. The van der Waals surface area contributed by atoms with E-state index in [2.05, 4.69) is 26.1 Å². The Morgan fingerprint density at radius 3 is 2.69 bits per heavy atom. The van der Waals surface area contributed by atoms with Crippen molar-refractivity contribution in [1.82, 2.24) is 10.2 Å². The van der Waals surface area contributed by atoms with Crippen molar-refractivity contribution in [3.05, 3.63) is 46.2 Å². The molecule has 84 valence electrons. The second-order valence-electron chi connectivity index (χ2n) is 3.59. The summed E-state index contributed by atoms with van der Waals surface area (Å²) in [5, 5.41) is 7.06. The Balaban J connectivity index is 1.82. The van der Waals surface area contributed by atoms with E-state index in [-0.39, 0.29) is 0 Å². The number of nitrogens with zero attached hydrogens (tertiary/aromatic N) is 1. The topological polar surface area (TPSA) is 37.9 Å². The highest BCUT2D eigenvalue weighted by atomic mass is 79.9. The first-order chi connectivity index (χ1) is 7.74. The number of H-pyrrole nitrogens is 1. The Morgan fingerprint density at radius 2 is 2.06 bits per heavy atom. The Bertz CT molecular complexity index is 450. The van der Waals surface area contributed by atoms with Crippen LogP contribution in [0.25, 0.3) is 0 Å². The van der Waals surface area contributed by atoms with Crippen LogP contribution >= 0.6 is 15.9 Å². The van der Waals surface area contributed by atoms with E-state index in [1.807, 2.05) is 37.3 Å². The number of hydrogen-bond acceptors (Lipinski definition) is 2. The van der Waals surface area contributed by atoms with Crippen molar-refractivity contribution in [1.29, 1.82) is 0 Å². The summed E-state index contributed by atoms with van der Waals surface area (Å²) >= 11 is 3.38. The highest BCUT2D eigenvalue weighted by Crippen LogP contribution is 2.16. The van der Waals surface area contributed by atoms with Crippen molar-refractivity contribution in [3.63, 3.8) is 0 Å². The quantitative estimate of drug-likeness (QED) is 0.935. The number of aryl methyl sites for hydroxylation is 1. The molecule has 0 amide bonds. The second-order valence-corrected chi connectivity index (χ2v) is 4.51. The number of hydrogen-bond donors (Lipinski definition) is 1. The number of ether oxygens (including phenoxy) is 1. The van der Waals surface area contributed by atoms with Gasteiger partial charge in [-0.25, -0.2) is 0 Å². The molecule has 0 atom stereocenters. The van der Waals surface area contributed by atoms with Gasteiger partial charge in [0.2, 0.25) is 0 Å². The van der Waals surface area contributed by atoms with Gasteiger partial charge >= 0.3 is 0 Å². The first-order valence-corrected chi connectivity index (χ1v) is 5.92. The van der Waals surface area contributed by atoms with Crippen LogP contribution in [-0.4, -0.2) is 16.8 Å². The molecular formula is C12H13BrN2O. The number of aromatic nitrogens is 2. The summed E-state index contributed by atoms with van der Waals surface area (Å²) in [6.45, 7) is 2.64. The van der Waals surface area contributed by atoms with Crippen molar-refractivity contribution in [2.75, 3.05) is 6.61 Å². The molecule has 0 spiro atoms. The van der Waals surface area contributed by atoms with Gasteiger partial charge in [0.05, 0.1) is 12.3 Å². The van der Waals surface area contributed by atoms with E-state index in [9.17, 15) is 0 Å². The van der Waals surface area contributed by atoms with Gasteiger partial charge in [0.25, 0.3) is 0 Å². The largest absolute Gasteiger partial charge is 0.493 e. The fraction of sp³-hybridized carbons (Fsp3) is 0.250. The van der Waals surface area contributed by atoms with Crippen LogP contribution < -0.4 is 4.74 Å². The van der Waals surface area contributed by atoms with Crippen LogP contribution in [0.3, 0.4) is 0 Å². The third kappa shape index (κ3) is 3.10. The lowest BCUT2D eigenvalue weighted by atomic mass is 10.3. The zero-order chi connectivity index (χ0) is 11.4. The molecule has 0 fully saturated rings. The third-order valence-corrected chi connectivity index (χ3v) is 2.73. The van der Waals surface area contributed by atoms with Gasteiger partial charge in [-0.15, -0.1) is 0 Å². The van der Waals surface area contributed by atoms with Crippen molar-refractivity contribution in [2.24, 2.45) is 0 Å². The lowest BCUT2D eigenvalue weighted by Crippen LogP contribution is -2.01. The van der Waals surface area contributed by atoms with Crippen LogP contribution in [0.1, 0.15) is 11.4 Å². The predicted molar refractivity (Wildman–Crippen MR) is 66.7 cm³/mol. The normalized spacial score (nSPS) is 10.4. The smallest absolute Gasteiger partial charge is 0.119 e. The summed E-state index contributed by atoms with van der Waals surface area (Å²) in [7, 11) is 0. The van der Waals surface area contributed by atoms with Gasteiger partial charge in [-0.05, 0) is 37.3 Å². The van der Waals surface area contributed by atoms with E-state index >= 15 is 0 Å². The fourth-order valence-electron chi connectivity index (χ4n) is 1.41. The molecule has 3 nitrogen and oxygen atoms in total. The summed E-state index contributed by atoms with van der Waals surface area (Å²) in [6.07, 6.45) is 0.820. The minimum Gasteiger partial charge on any atom is -0.493 e. The van der Waals surface area contributed by atoms with E-state index in [1.54, 1.807) is 0 Å². The zero-order valence-electron chi connectivity index (χ0n) is 9.03. The van der Waals surface area contributed by atoms with Gasteiger partial charge in [0, 0.05) is 16.6 Å². The van der Waals surface area contributed by atoms with Crippen LogP contribution in [-0.2, 0) is 6.42 Å². The predicted octanol–water partition coefficient (Wildman–Crippen LogP) is 3.10. The van der Waals surface area contributed by atoms with Crippen LogP contribution in [0.4, 0.5) is 0 Å². The van der Waals surface area contributed by atoms with Crippen molar-refractivity contribution >= 4 is 15.9 Å². The average molecular weight is 281 g/mol. The maximum absolute atomic E-state index is 5.60. The highest BCUT2D eigenvalue weighted by Gasteiger charge is 1.98. The molecule has 1 aromatic heterocycles. The first-order valence-electron chi connectivity index (χ1n) is 5.13. The highest BCUT2D eigenvalue weighted by molar-refractivity contribution is 9.10. The monoisotopic (exact) mass is 280 g/mol. The summed E-state index contributed by atoms with van der Waals surface area (Å²) in [6, 6.07) is 9.85. The molecule has 4 heteroatoms. The van der Waals surface area contributed by atoms with Gasteiger partial charge in [-0.2, -0.15) is 5.10 Å². The molecule has 0 saturated carbocycles. The van der Waals surface area contributed by atoms with Gasteiger partial charge in [0.1, 0.15) is 5.75 Å². The molecule has 2 aromatic rings. The first kappa shape index (κ1) is 11.2. The molecule has 0 saturated heterocycles. The lowest BCUT2D eigenvalue weighted by molar-refractivity contribution is 0.320. The Labute approximate surface area is 103 Å². The SMILES string of the molecule is Cc1cc(CCOc2ccc(Br)cc2)n[nH]1. The van der Waals surface area contributed by atoms with E-state index in [0.717, 1.165) is 28.0 Å². The van der Waals surface area contributed by atoms with E-state index in [4.69, 9.17) is 4.74 Å². The van der Waals surface area contributed by atoms with Crippen molar-refractivity contribution in [2.45, 2.75) is 13.3 Å². The van der Waals surface area contributed by atoms with Gasteiger partial charge in [-0.1, -0.05) is 15.9 Å². The molecule has 0 aliphatic heterocycles. The fourth-order valence-corrected chi connectivity index (χ4v) is 1.67. The Morgan fingerprint density at radius 1 is 1.31 bits per heavy atom. The minimum absolute atomic E-state index is 0.645. The third-order valence-electron chi connectivity index (χ3n) is 2.20. The maximum atomic E-state index is 5.60. The summed E-state index contributed by atoms with van der Waals surface area (Å²) in [4.78, 5) is 0. The number of halogens is 1. The minimum atomic E-state index is 0.645. The molecular weight excluding hydrogens is 268 g/mol. The average Bonchev–Trinajstić information content (AvgIpc) is 2.67. The van der Waals surface area contributed by atoms with E-state index in [1.165, 1.54) is 0 Å². The molecule has 1 aromatic carbocycles. The Hall–Kier alpha value is -1.29. The van der Waals surface area contributed by atoms with Crippen molar-refractivity contribution < 1.29 is 4.74 Å². The van der Waals surface area contributed by atoms with Crippen LogP contribution in [0.5, 0.6) is 5.75 Å². The number of rotatable bonds is 4. The molecule has 2 rings (SSSR count). The molecule has 16 heavy (non-hydrogen) atoms. The lowest BCUT2D eigenvalue weighted by Gasteiger charge is -2.04. The van der Waals surface area contributed by atoms with Crippen LogP contribution in [0.2, 0.25) is 0 Å². The molecule has 0 radical (unpaired) electrons. The second kappa shape index (κ2) is 5.16. The van der Waals surface area contributed by atoms with E-state index in [0.29, 0.717) is 6.61 Å². The summed E-state index contributed by atoms with van der Waals surface area (Å²) in [5.41, 5.74) is 2.12. The number of aromatic amines is 1. The van der Waals surface area contributed by atoms with Gasteiger partial charge in [0.15, 0.2) is 0 Å².